The first-order valence-corrected chi connectivity index (χ1v) is 4.32. The Morgan fingerprint density at radius 3 is 2.45 bits per heavy atom. The van der Waals surface area contributed by atoms with Crippen LogP contribution in [0.2, 0.25) is 0 Å². The molecule has 0 amide bonds. The van der Waals surface area contributed by atoms with E-state index in [4.69, 9.17) is 0 Å². The van der Waals surface area contributed by atoms with Gasteiger partial charge in [-0.25, -0.2) is 0 Å². The van der Waals surface area contributed by atoms with Crippen molar-refractivity contribution < 1.29 is 4.92 Å². The molecule has 0 aromatic rings. The number of nitro groups is 1. The summed E-state index contributed by atoms with van der Waals surface area (Å²) in [6, 6.07) is 0. The van der Waals surface area contributed by atoms with Crippen molar-refractivity contribution in [2.24, 2.45) is 5.92 Å². The number of hydrogen-bond donors (Lipinski definition) is 0. The molecule has 0 unspecified atom stereocenters. The van der Waals surface area contributed by atoms with Crippen LogP contribution in [-0.4, -0.2) is 11.5 Å². The molecule has 0 aromatic heterocycles. The normalized spacial score (nSPS) is 12.9. The lowest BCUT2D eigenvalue weighted by Gasteiger charge is -2.07. The molecule has 0 aliphatic heterocycles. The second-order valence-electron chi connectivity index (χ2n) is 2.93. The smallest absolute Gasteiger partial charge is 0.206 e. The lowest BCUT2D eigenvalue weighted by molar-refractivity contribution is -0.488. The van der Waals surface area contributed by atoms with Crippen molar-refractivity contribution in [2.45, 2.75) is 39.5 Å². The summed E-state index contributed by atoms with van der Waals surface area (Å²) < 4.78 is 0. The summed E-state index contributed by atoms with van der Waals surface area (Å²) in [5, 5.41) is 10.1. The molecule has 0 saturated carbocycles. The molecule has 11 heavy (non-hydrogen) atoms. The summed E-state index contributed by atoms with van der Waals surface area (Å²) in [6.07, 6.45) is 4.19. The molecule has 3 heteroatoms. The maximum absolute atomic E-state index is 10.1. The van der Waals surface area contributed by atoms with E-state index in [0.717, 1.165) is 25.7 Å². The molecule has 0 aliphatic rings. The van der Waals surface area contributed by atoms with Crippen molar-refractivity contribution in [2.75, 3.05) is 6.54 Å². The lowest BCUT2D eigenvalue weighted by Crippen LogP contribution is -2.13. The molecule has 0 aliphatic carbocycles. The van der Waals surface area contributed by atoms with Crippen LogP contribution in [0.4, 0.5) is 0 Å². The van der Waals surface area contributed by atoms with Gasteiger partial charge in [0, 0.05) is 10.8 Å². The molecule has 66 valence electrons. The second kappa shape index (κ2) is 6.13. The monoisotopic (exact) mass is 159 g/mol. The summed E-state index contributed by atoms with van der Waals surface area (Å²) in [7, 11) is 0. The molecule has 0 N–H and O–H groups in total. The van der Waals surface area contributed by atoms with Gasteiger partial charge in [-0.2, -0.15) is 0 Å². The maximum atomic E-state index is 10.1. The van der Waals surface area contributed by atoms with Crippen molar-refractivity contribution in [1.82, 2.24) is 0 Å². The highest BCUT2D eigenvalue weighted by Gasteiger charge is 2.11. The number of rotatable bonds is 6. The third-order valence-electron chi connectivity index (χ3n) is 1.95. The van der Waals surface area contributed by atoms with Crippen LogP contribution in [0.25, 0.3) is 0 Å². The van der Waals surface area contributed by atoms with Gasteiger partial charge < -0.3 is 0 Å². The first kappa shape index (κ1) is 10.4. The molecule has 0 saturated heterocycles. The molecular formula is C8H17NO2. The van der Waals surface area contributed by atoms with Gasteiger partial charge in [-0.05, 0) is 12.8 Å². The second-order valence-corrected chi connectivity index (χ2v) is 2.93. The summed E-state index contributed by atoms with van der Waals surface area (Å²) >= 11 is 0. The van der Waals surface area contributed by atoms with E-state index in [1.54, 1.807) is 0 Å². The van der Waals surface area contributed by atoms with E-state index in [1.165, 1.54) is 0 Å². The fraction of sp³-hybridized carbons (Fsp3) is 1.00. The van der Waals surface area contributed by atoms with Crippen LogP contribution >= 0.6 is 0 Å². The summed E-state index contributed by atoms with van der Waals surface area (Å²) in [4.78, 5) is 9.93. The fourth-order valence-corrected chi connectivity index (χ4v) is 1.13. The molecular weight excluding hydrogens is 142 g/mol. The zero-order valence-electron chi connectivity index (χ0n) is 7.38. The standard InChI is InChI=1S/C8H17NO2/c1-3-5-6-8(4-2)7-9(10)11/h8H,3-7H2,1-2H3/t8-/m0/s1. The Bertz CT molecular complexity index is 115. The van der Waals surface area contributed by atoms with Gasteiger partial charge in [-0.1, -0.05) is 26.7 Å². The van der Waals surface area contributed by atoms with Crippen molar-refractivity contribution >= 4 is 0 Å². The van der Waals surface area contributed by atoms with E-state index in [1.807, 2.05) is 6.92 Å². The van der Waals surface area contributed by atoms with Crippen molar-refractivity contribution in [3.8, 4) is 0 Å². The van der Waals surface area contributed by atoms with Crippen LogP contribution in [0.15, 0.2) is 0 Å². The summed E-state index contributed by atoms with van der Waals surface area (Å²) in [6.45, 7) is 4.28. The molecule has 0 spiro atoms. The van der Waals surface area contributed by atoms with E-state index in [2.05, 4.69) is 6.92 Å². The fourth-order valence-electron chi connectivity index (χ4n) is 1.13. The predicted molar refractivity (Wildman–Crippen MR) is 45.2 cm³/mol. The summed E-state index contributed by atoms with van der Waals surface area (Å²) in [5.74, 6) is 0.296. The minimum absolute atomic E-state index is 0.149. The first-order valence-electron chi connectivity index (χ1n) is 4.32. The van der Waals surface area contributed by atoms with Crippen LogP contribution in [-0.2, 0) is 0 Å². The van der Waals surface area contributed by atoms with Crippen LogP contribution in [0.3, 0.4) is 0 Å². The van der Waals surface area contributed by atoms with Crippen molar-refractivity contribution in [3.63, 3.8) is 0 Å². The van der Waals surface area contributed by atoms with Gasteiger partial charge in [0.1, 0.15) is 0 Å². The van der Waals surface area contributed by atoms with E-state index < -0.39 is 0 Å². The molecule has 1 atom stereocenters. The lowest BCUT2D eigenvalue weighted by atomic mass is 10.00. The Balaban J connectivity index is 3.49. The van der Waals surface area contributed by atoms with Gasteiger partial charge in [-0.3, -0.25) is 10.1 Å². The quantitative estimate of drug-likeness (QED) is 0.441. The minimum atomic E-state index is -0.205. The van der Waals surface area contributed by atoms with Gasteiger partial charge in [0.2, 0.25) is 6.54 Å². The van der Waals surface area contributed by atoms with Crippen LogP contribution in [0.5, 0.6) is 0 Å². The number of nitrogens with zero attached hydrogens (tertiary/aromatic N) is 1. The van der Waals surface area contributed by atoms with Gasteiger partial charge >= 0.3 is 0 Å². The highest BCUT2D eigenvalue weighted by Crippen LogP contribution is 2.11. The highest BCUT2D eigenvalue weighted by atomic mass is 16.6. The van der Waals surface area contributed by atoms with Crippen LogP contribution < -0.4 is 0 Å². The molecule has 0 aromatic carbocycles. The molecule has 0 heterocycles. The third kappa shape index (κ3) is 5.83. The minimum Gasteiger partial charge on any atom is -0.265 e. The van der Waals surface area contributed by atoms with Crippen molar-refractivity contribution in [3.05, 3.63) is 10.1 Å². The third-order valence-corrected chi connectivity index (χ3v) is 1.95. The highest BCUT2D eigenvalue weighted by molar-refractivity contribution is 4.54. The van der Waals surface area contributed by atoms with Gasteiger partial charge in [0.25, 0.3) is 0 Å². The van der Waals surface area contributed by atoms with Crippen LogP contribution in [0, 0.1) is 16.0 Å². The van der Waals surface area contributed by atoms with E-state index >= 15 is 0 Å². The number of hydrogen-bond acceptors (Lipinski definition) is 2. The Morgan fingerprint density at radius 1 is 1.45 bits per heavy atom. The Hall–Kier alpha value is -0.600. The zero-order chi connectivity index (χ0) is 8.69. The van der Waals surface area contributed by atoms with Gasteiger partial charge in [0.05, 0.1) is 0 Å². The SMILES string of the molecule is CCCC[C@H](CC)C[N+](=O)[O-]. The average molecular weight is 159 g/mol. The summed E-state index contributed by atoms with van der Waals surface area (Å²) in [5.41, 5.74) is 0. The molecule has 3 nitrogen and oxygen atoms in total. The molecule has 0 radical (unpaired) electrons. The Labute approximate surface area is 67.9 Å². The van der Waals surface area contributed by atoms with Gasteiger partial charge in [0.15, 0.2) is 0 Å². The first-order chi connectivity index (χ1) is 5.20. The molecule has 0 fully saturated rings. The average Bonchev–Trinajstić information content (AvgIpc) is 1.97. The Kier molecular flexibility index (Phi) is 5.80. The van der Waals surface area contributed by atoms with Gasteiger partial charge in [-0.15, -0.1) is 0 Å². The topological polar surface area (TPSA) is 43.1 Å². The molecule has 0 bridgehead atoms. The predicted octanol–water partition coefficient (Wildman–Crippen LogP) is 2.48. The van der Waals surface area contributed by atoms with Crippen LogP contribution in [0.1, 0.15) is 39.5 Å². The largest absolute Gasteiger partial charge is 0.265 e. The van der Waals surface area contributed by atoms with E-state index in [-0.39, 0.29) is 11.5 Å². The van der Waals surface area contributed by atoms with Crippen molar-refractivity contribution in [1.29, 1.82) is 0 Å². The van der Waals surface area contributed by atoms with E-state index in [9.17, 15) is 10.1 Å². The Morgan fingerprint density at radius 2 is 2.09 bits per heavy atom. The zero-order valence-corrected chi connectivity index (χ0v) is 7.38. The molecule has 0 rings (SSSR count). The number of unbranched alkanes of at least 4 members (excludes halogenated alkanes) is 1. The maximum Gasteiger partial charge on any atom is 0.206 e. The van der Waals surface area contributed by atoms with E-state index in [0.29, 0.717) is 5.92 Å².